The maximum absolute atomic E-state index is 12.9. The van der Waals surface area contributed by atoms with Crippen molar-refractivity contribution in [3.05, 3.63) is 57.4 Å². The van der Waals surface area contributed by atoms with Crippen LogP contribution in [0.5, 0.6) is 0 Å². The molecule has 1 unspecified atom stereocenters. The van der Waals surface area contributed by atoms with Gasteiger partial charge in [0.25, 0.3) is 0 Å². The third-order valence-corrected chi connectivity index (χ3v) is 7.04. The number of carboxylic acid groups (broad SMARTS) is 2. The van der Waals surface area contributed by atoms with Crippen molar-refractivity contribution in [1.82, 2.24) is 5.32 Å². The number of ether oxygens (including phenoxy) is 3. The van der Waals surface area contributed by atoms with Crippen molar-refractivity contribution in [1.29, 1.82) is 0 Å². The van der Waals surface area contributed by atoms with Crippen molar-refractivity contribution in [3.63, 3.8) is 0 Å². The predicted molar refractivity (Wildman–Crippen MR) is 146 cm³/mol. The van der Waals surface area contributed by atoms with Crippen LogP contribution in [0.2, 0.25) is 5.02 Å². The molecule has 2 aliphatic rings. The molecule has 0 spiro atoms. The molecule has 0 amide bonds. The summed E-state index contributed by atoms with van der Waals surface area (Å²) >= 11 is 6.42. The molecule has 0 radical (unpaired) electrons. The van der Waals surface area contributed by atoms with Gasteiger partial charge in [0.1, 0.15) is 0 Å². The van der Waals surface area contributed by atoms with Crippen LogP contribution in [0.15, 0.2) is 46.8 Å². The van der Waals surface area contributed by atoms with Gasteiger partial charge in [-0.1, -0.05) is 29.8 Å². The van der Waals surface area contributed by atoms with E-state index in [1.54, 1.807) is 38.1 Å². The van der Waals surface area contributed by atoms with Crippen LogP contribution in [-0.4, -0.2) is 67.6 Å². The van der Waals surface area contributed by atoms with Gasteiger partial charge in [-0.05, 0) is 51.2 Å². The molecule has 1 aliphatic heterocycles. The lowest BCUT2D eigenvalue weighted by molar-refractivity contribution is -0.148. The molecular formula is C28H37ClN2O9. The van der Waals surface area contributed by atoms with Crippen molar-refractivity contribution in [3.8, 4) is 0 Å². The number of nitrogens with two attached hydrogens (primary N) is 1. The van der Waals surface area contributed by atoms with Crippen molar-refractivity contribution >= 4 is 35.5 Å². The zero-order valence-corrected chi connectivity index (χ0v) is 23.7. The molecule has 1 aromatic rings. The van der Waals surface area contributed by atoms with Crippen LogP contribution in [-0.2, 0) is 33.4 Å². The van der Waals surface area contributed by atoms with Crippen LogP contribution in [0.1, 0.15) is 51.0 Å². The lowest BCUT2D eigenvalue weighted by Crippen LogP contribution is -2.35. The number of hydrogen-bond acceptors (Lipinski definition) is 9. The lowest BCUT2D eigenvalue weighted by Gasteiger charge is -2.31. The summed E-state index contributed by atoms with van der Waals surface area (Å²) in [7, 11) is 1.29. The fourth-order valence-corrected chi connectivity index (χ4v) is 4.95. The maximum Gasteiger partial charge on any atom is 0.336 e. The highest BCUT2D eigenvalue weighted by Crippen LogP contribution is 2.41. The summed E-state index contributed by atoms with van der Waals surface area (Å²) in [5.41, 5.74) is 7.70. The molecule has 5 N–H and O–H groups in total. The average Bonchev–Trinajstić information content (AvgIpc) is 2.93. The number of carbonyl (C=O) groups is 4. The summed E-state index contributed by atoms with van der Waals surface area (Å²) in [6.07, 6.45) is 2.03. The zero-order valence-electron chi connectivity index (χ0n) is 22.9. The number of benzene rings is 1. The van der Waals surface area contributed by atoms with E-state index >= 15 is 0 Å². The van der Waals surface area contributed by atoms with Crippen LogP contribution >= 0.6 is 11.6 Å². The summed E-state index contributed by atoms with van der Waals surface area (Å²) in [6.45, 7) is 4.42. The van der Waals surface area contributed by atoms with Crippen molar-refractivity contribution < 1.29 is 43.6 Å². The molecule has 0 saturated heterocycles. The Morgan fingerprint density at radius 2 is 1.57 bits per heavy atom. The van der Waals surface area contributed by atoms with E-state index in [2.05, 4.69) is 5.32 Å². The monoisotopic (exact) mass is 580 g/mol. The molecule has 1 atom stereocenters. The van der Waals surface area contributed by atoms with Gasteiger partial charge in [-0.25, -0.2) is 9.59 Å². The lowest BCUT2D eigenvalue weighted by atomic mass is 9.80. The molecule has 3 rings (SSSR count). The number of aliphatic carboxylic acids is 2. The molecule has 40 heavy (non-hydrogen) atoms. The minimum atomic E-state index is -0.793. The fourth-order valence-electron chi connectivity index (χ4n) is 4.71. The van der Waals surface area contributed by atoms with Crippen LogP contribution in [0, 0.1) is 11.8 Å². The molecule has 1 aliphatic carbocycles. The first kappa shape index (κ1) is 32.8. The molecular weight excluding hydrogens is 544 g/mol. The third kappa shape index (κ3) is 8.54. The minimum absolute atomic E-state index is 0.109. The molecule has 11 nitrogen and oxygen atoms in total. The van der Waals surface area contributed by atoms with Crippen molar-refractivity contribution in [2.75, 3.05) is 33.5 Å². The average molecular weight is 581 g/mol. The first-order chi connectivity index (χ1) is 19.1. The number of allylic oxidation sites excluding steroid dienone is 1. The van der Waals surface area contributed by atoms with Gasteiger partial charge in [0, 0.05) is 17.3 Å². The first-order valence-corrected chi connectivity index (χ1v) is 13.4. The smallest absolute Gasteiger partial charge is 0.336 e. The van der Waals surface area contributed by atoms with Gasteiger partial charge in [0.2, 0.25) is 0 Å². The second kappa shape index (κ2) is 16.0. The van der Waals surface area contributed by atoms with Gasteiger partial charge < -0.3 is 35.5 Å². The quantitative estimate of drug-likeness (QED) is 0.236. The van der Waals surface area contributed by atoms with E-state index in [0.717, 1.165) is 0 Å². The summed E-state index contributed by atoms with van der Waals surface area (Å²) in [6, 6.07) is 7.05. The third-order valence-electron chi connectivity index (χ3n) is 6.70. The Hall–Kier alpha value is -3.41. The molecule has 0 bridgehead atoms. The Kier molecular flexibility index (Phi) is 13.1. The predicted octanol–water partition coefficient (Wildman–Crippen LogP) is 3.23. The SMILES string of the molecule is CCOC(=O)C1=C(COCCN)NC(C)=C(C(=O)OC)C1c1ccccc1Cl.O=C(O)C1CCC(C(=O)O)CC1. The molecule has 1 saturated carbocycles. The number of hydrogen-bond donors (Lipinski definition) is 4. The highest BCUT2D eigenvalue weighted by Gasteiger charge is 2.39. The molecule has 0 aromatic heterocycles. The minimum Gasteiger partial charge on any atom is -0.481 e. The highest BCUT2D eigenvalue weighted by molar-refractivity contribution is 6.31. The van der Waals surface area contributed by atoms with Gasteiger partial charge in [-0.15, -0.1) is 0 Å². The van der Waals surface area contributed by atoms with Crippen molar-refractivity contribution in [2.24, 2.45) is 17.6 Å². The summed E-state index contributed by atoms with van der Waals surface area (Å²) in [5.74, 6) is -4.09. The zero-order chi connectivity index (χ0) is 29.8. The molecule has 1 aromatic carbocycles. The number of rotatable bonds is 10. The van der Waals surface area contributed by atoms with Gasteiger partial charge in [0.05, 0.1) is 61.5 Å². The van der Waals surface area contributed by atoms with E-state index in [1.807, 2.05) is 0 Å². The van der Waals surface area contributed by atoms with Crippen molar-refractivity contribution in [2.45, 2.75) is 45.4 Å². The highest BCUT2D eigenvalue weighted by atomic mass is 35.5. The van der Waals surface area contributed by atoms with E-state index in [0.29, 0.717) is 66.4 Å². The topological polar surface area (TPSA) is 174 Å². The molecule has 1 fully saturated rings. The Labute approximate surface area is 238 Å². The molecule has 1 heterocycles. The Bertz CT molecular complexity index is 1120. The van der Waals surface area contributed by atoms with E-state index in [1.165, 1.54) is 7.11 Å². The number of dihydropyridines is 1. The van der Waals surface area contributed by atoms with Gasteiger partial charge in [-0.3, -0.25) is 9.59 Å². The summed E-state index contributed by atoms with van der Waals surface area (Å²) < 4.78 is 15.8. The standard InChI is InChI=1S/C20H25ClN2O5.C8H12O4/c1-4-28-20(25)18-15(11-27-10-9-22)23-12(2)16(19(24)26-3)17(18)13-7-5-6-8-14(13)21;9-7(10)5-1-2-6(4-3-5)8(11)12/h5-8,17,23H,4,9-11,22H2,1-3H3;5-6H,1-4H2,(H,9,10)(H,11,12). The normalized spacial score (nSPS) is 20.6. The number of carboxylic acids is 2. The van der Waals surface area contributed by atoms with E-state index in [9.17, 15) is 19.2 Å². The Morgan fingerprint density at radius 1 is 1.00 bits per heavy atom. The van der Waals surface area contributed by atoms with E-state index in [4.69, 9.17) is 41.8 Å². The number of nitrogens with one attached hydrogen (secondary N) is 1. The second-order valence-electron chi connectivity index (χ2n) is 9.29. The number of carbonyl (C=O) groups excluding carboxylic acids is 2. The van der Waals surface area contributed by atoms with E-state index < -0.39 is 29.8 Å². The van der Waals surface area contributed by atoms with E-state index in [-0.39, 0.29) is 30.6 Å². The van der Waals surface area contributed by atoms with Crippen LogP contribution in [0.4, 0.5) is 0 Å². The number of esters is 2. The summed E-state index contributed by atoms with van der Waals surface area (Å²) in [4.78, 5) is 46.4. The van der Waals surface area contributed by atoms with Gasteiger partial charge >= 0.3 is 23.9 Å². The van der Waals surface area contributed by atoms with Gasteiger partial charge in [0.15, 0.2) is 0 Å². The van der Waals surface area contributed by atoms with Crippen LogP contribution < -0.4 is 11.1 Å². The van der Waals surface area contributed by atoms with Crippen LogP contribution in [0.25, 0.3) is 0 Å². The summed E-state index contributed by atoms with van der Waals surface area (Å²) in [5, 5.41) is 20.8. The second-order valence-corrected chi connectivity index (χ2v) is 9.70. The van der Waals surface area contributed by atoms with Crippen LogP contribution in [0.3, 0.4) is 0 Å². The number of methoxy groups -OCH3 is 1. The Morgan fingerprint density at radius 3 is 2.05 bits per heavy atom. The molecule has 220 valence electrons. The maximum atomic E-state index is 12.9. The fraction of sp³-hybridized carbons (Fsp3) is 0.500. The largest absolute Gasteiger partial charge is 0.481 e. The Balaban J connectivity index is 0.000000389. The molecule has 12 heteroatoms. The number of halogens is 1. The van der Waals surface area contributed by atoms with Gasteiger partial charge in [-0.2, -0.15) is 0 Å². The first-order valence-electron chi connectivity index (χ1n) is 13.0.